The molecular formula is C14H24N2O4. The van der Waals surface area contributed by atoms with Gasteiger partial charge in [-0.05, 0) is 24.7 Å². The first-order chi connectivity index (χ1) is 9.26. The lowest BCUT2D eigenvalue weighted by atomic mass is 9.84. The van der Waals surface area contributed by atoms with Crippen LogP contribution in [0.2, 0.25) is 0 Å². The van der Waals surface area contributed by atoms with Gasteiger partial charge >= 0.3 is 5.97 Å². The summed E-state index contributed by atoms with van der Waals surface area (Å²) < 4.78 is 0. The van der Waals surface area contributed by atoms with Crippen LogP contribution in [-0.4, -0.2) is 47.4 Å². The van der Waals surface area contributed by atoms with Crippen LogP contribution in [0.4, 0.5) is 0 Å². The smallest absolute Gasteiger partial charge is 0.303 e. The largest absolute Gasteiger partial charge is 0.481 e. The summed E-state index contributed by atoms with van der Waals surface area (Å²) in [7, 11) is 1.56. The lowest BCUT2D eigenvalue weighted by Crippen LogP contribution is -2.52. The number of carboxylic acid groups (broad SMARTS) is 1. The van der Waals surface area contributed by atoms with Crippen molar-refractivity contribution in [3.05, 3.63) is 0 Å². The molecule has 2 N–H and O–H groups in total. The predicted molar refractivity (Wildman–Crippen MR) is 74.1 cm³/mol. The number of aliphatic carboxylic acids is 1. The van der Waals surface area contributed by atoms with Crippen LogP contribution in [0.1, 0.15) is 46.0 Å². The number of carbonyl (C=O) groups is 3. The summed E-state index contributed by atoms with van der Waals surface area (Å²) in [5, 5.41) is 11.4. The van der Waals surface area contributed by atoms with E-state index in [9.17, 15) is 14.4 Å². The molecule has 1 unspecified atom stereocenters. The lowest BCUT2D eigenvalue weighted by molar-refractivity contribution is -0.145. The zero-order valence-corrected chi connectivity index (χ0v) is 12.4. The molecule has 1 fully saturated rings. The summed E-state index contributed by atoms with van der Waals surface area (Å²) in [4.78, 5) is 36.6. The van der Waals surface area contributed by atoms with Gasteiger partial charge in [-0.2, -0.15) is 0 Å². The molecule has 1 rings (SSSR count). The fourth-order valence-corrected chi connectivity index (χ4v) is 2.65. The van der Waals surface area contributed by atoms with E-state index >= 15 is 0 Å². The highest BCUT2D eigenvalue weighted by atomic mass is 16.4. The number of nitrogens with zero attached hydrogens (tertiary/aromatic N) is 1. The molecule has 0 aromatic rings. The molecule has 1 saturated heterocycles. The van der Waals surface area contributed by atoms with Crippen molar-refractivity contribution < 1.29 is 19.5 Å². The topological polar surface area (TPSA) is 86.7 Å². The average Bonchev–Trinajstić information content (AvgIpc) is 2.35. The third kappa shape index (κ3) is 4.51. The minimum atomic E-state index is -0.913. The van der Waals surface area contributed by atoms with Gasteiger partial charge in [-0.15, -0.1) is 0 Å². The minimum absolute atomic E-state index is 0.0583. The summed E-state index contributed by atoms with van der Waals surface area (Å²) in [6, 6.07) is -0.415. The van der Waals surface area contributed by atoms with Gasteiger partial charge in [0.1, 0.15) is 6.04 Å². The van der Waals surface area contributed by atoms with Crippen molar-refractivity contribution in [3.63, 3.8) is 0 Å². The Hall–Kier alpha value is -1.59. The molecule has 1 aliphatic heterocycles. The standard InChI is InChI=1S/C14H24N2O4/c1-14(2,9-12(18)19)8-11(17)16-7-5-4-6-10(16)13(20)15-3/h10H,4-9H2,1-3H3,(H,15,20)(H,18,19). The second kappa shape index (κ2) is 6.72. The first-order valence-electron chi connectivity index (χ1n) is 7.00. The molecule has 0 aromatic heterocycles. The van der Waals surface area contributed by atoms with E-state index < -0.39 is 17.4 Å². The molecule has 0 saturated carbocycles. The number of likely N-dealkylation sites (N-methyl/N-ethyl adjacent to an activating group) is 1. The van der Waals surface area contributed by atoms with Crippen LogP contribution in [0.5, 0.6) is 0 Å². The highest BCUT2D eigenvalue weighted by Gasteiger charge is 2.34. The van der Waals surface area contributed by atoms with Gasteiger partial charge in [0.15, 0.2) is 0 Å². The monoisotopic (exact) mass is 284 g/mol. The van der Waals surface area contributed by atoms with Crippen LogP contribution in [0.15, 0.2) is 0 Å². The normalized spacial score (nSPS) is 19.6. The van der Waals surface area contributed by atoms with Crippen molar-refractivity contribution in [1.29, 1.82) is 0 Å². The summed E-state index contributed by atoms with van der Waals surface area (Å²) in [5.41, 5.74) is -0.604. The number of likely N-dealkylation sites (tertiary alicyclic amines) is 1. The Balaban J connectivity index is 2.73. The Morgan fingerprint density at radius 1 is 1.25 bits per heavy atom. The maximum absolute atomic E-state index is 12.4. The minimum Gasteiger partial charge on any atom is -0.481 e. The van der Waals surface area contributed by atoms with Gasteiger partial charge in [0, 0.05) is 20.0 Å². The van der Waals surface area contributed by atoms with Gasteiger partial charge in [0.05, 0.1) is 6.42 Å². The molecule has 2 amide bonds. The highest BCUT2D eigenvalue weighted by Crippen LogP contribution is 2.28. The summed E-state index contributed by atoms with van der Waals surface area (Å²) >= 11 is 0. The predicted octanol–water partition coefficient (Wildman–Crippen LogP) is 1.00. The van der Waals surface area contributed by atoms with E-state index in [0.29, 0.717) is 13.0 Å². The zero-order chi connectivity index (χ0) is 15.3. The SMILES string of the molecule is CNC(=O)C1CCCCN1C(=O)CC(C)(C)CC(=O)O. The van der Waals surface area contributed by atoms with Crippen molar-refractivity contribution in [3.8, 4) is 0 Å². The molecule has 0 bridgehead atoms. The molecule has 1 aliphatic rings. The Labute approximate surface area is 119 Å². The number of carbonyl (C=O) groups excluding carboxylic acids is 2. The molecule has 6 heteroatoms. The van der Waals surface area contributed by atoms with Gasteiger partial charge in [0.25, 0.3) is 0 Å². The van der Waals surface area contributed by atoms with Crippen LogP contribution in [0, 0.1) is 5.41 Å². The van der Waals surface area contributed by atoms with Crippen molar-refractivity contribution >= 4 is 17.8 Å². The van der Waals surface area contributed by atoms with Crippen LogP contribution in [0.25, 0.3) is 0 Å². The van der Waals surface area contributed by atoms with E-state index in [0.717, 1.165) is 12.8 Å². The Bertz CT molecular complexity index is 393. The number of amides is 2. The van der Waals surface area contributed by atoms with Crippen LogP contribution in [0.3, 0.4) is 0 Å². The first kappa shape index (κ1) is 16.5. The maximum Gasteiger partial charge on any atom is 0.303 e. The molecule has 1 atom stereocenters. The van der Waals surface area contributed by atoms with Crippen LogP contribution in [-0.2, 0) is 14.4 Å². The quantitative estimate of drug-likeness (QED) is 0.788. The van der Waals surface area contributed by atoms with E-state index in [1.807, 2.05) is 0 Å². The number of nitrogens with one attached hydrogen (secondary N) is 1. The number of rotatable bonds is 5. The van der Waals surface area contributed by atoms with Gasteiger partial charge < -0.3 is 15.3 Å². The van der Waals surface area contributed by atoms with E-state index in [4.69, 9.17) is 5.11 Å². The fourth-order valence-electron chi connectivity index (χ4n) is 2.65. The van der Waals surface area contributed by atoms with Crippen molar-refractivity contribution in [2.45, 2.75) is 52.0 Å². The van der Waals surface area contributed by atoms with Gasteiger partial charge in [-0.25, -0.2) is 0 Å². The Morgan fingerprint density at radius 2 is 1.90 bits per heavy atom. The van der Waals surface area contributed by atoms with Crippen molar-refractivity contribution in [2.75, 3.05) is 13.6 Å². The Morgan fingerprint density at radius 3 is 2.45 bits per heavy atom. The summed E-state index contributed by atoms with van der Waals surface area (Å²) in [6.07, 6.45) is 2.58. The number of piperidine rings is 1. The molecule has 0 spiro atoms. The number of carboxylic acids is 1. The molecule has 0 aliphatic carbocycles. The number of hydrogen-bond donors (Lipinski definition) is 2. The molecule has 0 aromatic carbocycles. The maximum atomic E-state index is 12.4. The fraction of sp³-hybridized carbons (Fsp3) is 0.786. The van der Waals surface area contributed by atoms with Gasteiger partial charge in [0.2, 0.25) is 11.8 Å². The number of hydrogen-bond acceptors (Lipinski definition) is 3. The summed E-state index contributed by atoms with van der Waals surface area (Å²) in [6.45, 7) is 4.09. The van der Waals surface area contributed by atoms with E-state index in [1.165, 1.54) is 0 Å². The molecular weight excluding hydrogens is 260 g/mol. The second-order valence-corrected chi connectivity index (χ2v) is 6.12. The molecule has 6 nitrogen and oxygen atoms in total. The molecule has 114 valence electrons. The average molecular weight is 284 g/mol. The zero-order valence-electron chi connectivity index (χ0n) is 12.4. The third-order valence-electron chi connectivity index (χ3n) is 3.63. The highest BCUT2D eigenvalue weighted by molar-refractivity contribution is 5.88. The molecule has 20 heavy (non-hydrogen) atoms. The van der Waals surface area contributed by atoms with Gasteiger partial charge in [-0.1, -0.05) is 13.8 Å². The van der Waals surface area contributed by atoms with E-state index in [1.54, 1.807) is 25.8 Å². The second-order valence-electron chi connectivity index (χ2n) is 6.12. The van der Waals surface area contributed by atoms with Gasteiger partial charge in [-0.3, -0.25) is 14.4 Å². The third-order valence-corrected chi connectivity index (χ3v) is 3.63. The Kier molecular flexibility index (Phi) is 5.53. The molecule has 0 radical (unpaired) electrons. The van der Waals surface area contributed by atoms with Crippen molar-refractivity contribution in [1.82, 2.24) is 10.2 Å². The van der Waals surface area contributed by atoms with E-state index in [2.05, 4.69) is 5.32 Å². The van der Waals surface area contributed by atoms with E-state index in [-0.39, 0.29) is 24.7 Å². The van der Waals surface area contributed by atoms with Crippen LogP contribution < -0.4 is 5.32 Å². The lowest BCUT2D eigenvalue weighted by Gasteiger charge is -2.36. The summed E-state index contributed by atoms with van der Waals surface area (Å²) in [5.74, 6) is -1.19. The first-order valence-corrected chi connectivity index (χ1v) is 7.00. The van der Waals surface area contributed by atoms with Crippen molar-refractivity contribution in [2.24, 2.45) is 5.41 Å². The molecule has 1 heterocycles. The van der Waals surface area contributed by atoms with Crippen LogP contribution >= 0.6 is 0 Å².